The first-order valence-corrected chi connectivity index (χ1v) is 8.76. The van der Waals surface area contributed by atoms with Gasteiger partial charge in [0, 0.05) is 12.2 Å². The summed E-state index contributed by atoms with van der Waals surface area (Å²) in [5.74, 6) is 0. The van der Waals surface area contributed by atoms with E-state index in [1.165, 1.54) is 60.9 Å². The molecule has 1 N–H and O–H groups in total. The van der Waals surface area contributed by atoms with Crippen LogP contribution in [0.25, 0.3) is 11.1 Å². The van der Waals surface area contributed by atoms with Gasteiger partial charge in [0.25, 0.3) is 0 Å². The quantitative estimate of drug-likeness (QED) is 0.535. The molecule has 0 radical (unpaired) electrons. The van der Waals surface area contributed by atoms with Crippen molar-refractivity contribution in [2.45, 2.75) is 52.4 Å². The molecule has 0 fully saturated rings. The van der Waals surface area contributed by atoms with Crippen LogP contribution in [-0.2, 0) is 6.42 Å². The van der Waals surface area contributed by atoms with E-state index in [0.29, 0.717) is 0 Å². The number of rotatable bonds is 9. The van der Waals surface area contributed by atoms with E-state index in [0.717, 1.165) is 6.54 Å². The summed E-state index contributed by atoms with van der Waals surface area (Å²) in [6, 6.07) is 17.8. The van der Waals surface area contributed by atoms with Crippen molar-refractivity contribution in [2.24, 2.45) is 0 Å². The standard InChI is InChI=1S/C21H29N/c1-3-5-7-8-18-9-11-19(12-10-18)20-13-15-21(16-14-20)22-17-6-4-2/h9-16,22H,3-8,17H2,1-2H3. The van der Waals surface area contributed by atoms with Gasteiger partial charge in [-0.25, -0.2) is 0 Å². The largest absolute Gasteiger partial charge is 0.385 e. The van der Waals surface area contributed by atoms with Crippen LogP contribution in [-0.4, -0.2) is 6.54 Å². The molecular weight excluding hydrogens is 266 g/mol. The maximum absolute atomic E-state index is 3.46. The second kappa shape index (κ2) is 9.30. The van der Waals surface area contributed by atoms with Crippen molar-refractivity contribution in [1.29, 1.82) is 0 Å². The predicted molar refractivity (Wildman–Crippen MR) is 98.5 cm³/mol. The average Bonchev–Trinajstić information content (AvgIpc) is 2.57. The van der Waals surface area contributed by atoms with Crippen molar-refractivity contribution in [2.75, 3.05) is 11.9 Å². The van der Waals surface area contributed by atoms with E-state index in [1.54, 1.807) is 0 Å². The summed E-state index contributed by atoms with van der Waals surface area (Å²) in [6.45, 7) is 5.53. The van der Waals surface area contributed by atoms with Crippen molar-refractivity contribution in [3.8, 4) is 11.1 Å². The molecule has 0 atom stereocenters. The smallest absolute Gasteiger partial charge is 0.0340 e. The highest BCUT2D eigenvalue weighted by Gasteiger charge is 1.99. The van der Waals surface area contributed by atoms with Gasteiger partial charge in [-0.2, -0.15) is 0 Å². The van der Waals surface area contributed by atoms with Crippen molar-refractivity contribution >= 4 is 5.69 Å². The number of benzene rings is 2. The first-order valence-electron chi connectivity index (χ1n) is 8.76. The van der Waals surface area contributed by atoms with E-state index in [-0.39, 0.29) is 0 Å². The van der Waals surface area contributed by atoms with Crippen molar-refractivity contribution in [3.05, 3.63) is 54.1 Å². The summed E-state index contributed by atoms with van der Waals surface area (Å²) in [4.78, 5) is 0. The first kappa shape index (κ1) is 16.6. The van der Waals surface area contributed by atoms with Gasteiger partial charge in [0.1, 0.15) is 0 Å². The minimum Gasteiger partial charge on any atom is -0.385 e. The Balaban J connectivity index is 1.93. The van der Waals surface area contributed by atoms with Crippen LogP contribution in [0.1, 0.15) is 51.5 Å². The molecule has 0 bridgehead atoms. The Labute approximate surface area is 135 Å². The van der Waals surface area contributed by atoms with Gasteiger partial charge in [-0.15, -0.1) is 0 Å². The van der Waals surface area contributed by atoms with Gasteiger partial charge in [0.05, 0.1) is 0 Å². The molecule has 0 aliphatic rings. The molecule has 118 valence electrons. The number of anilines is 1. The van der Waals surface area contributed by atoms with E-state index >= 15 is 0 Å². The van der Waals surface area contributed by atoms with Crippen molar-refractivity contribution < 1.29 is 0 Å². The zero-order valence-electron chi connectivity index (χ0n) is 14.1. The molecule has 0 aliphatic carbocycles. The highest BCUT2D eigenvalue weighted by atomic mass is 14.9. The van der Waals surface area contributed by atoms with Crippen LogP contribution in [0.5, 0.6) is 0 Å². The Morgan fingerprint density at radius 3 is 1.86 bits per heavy atom. The van der Waals surface area contributed by atoms with Gasteiger partial charge < -0.3 is 5.32 Å². The lowest BCUT2D eigenvalue weighted by Gasteiger charge is -2.08. The molecular formula is C21H29N. The molecule has 0 aliphatic heterocycles. The molecule has 0 heterocycles. The molecule has 0 saturated carbocycles. The molecule has 0 saturated heterocycles. The Morgan fingerprint density at radius 2 is 1.27 bits per heavy atom. The second-order valence-electron chi connectivity index (χ2n) is 6.01. The van der Waals surface area contributed by atoms with Crippen LogP contribution in [0.2, 0.25) is 0 Å². The molecule has 2 aromatic carbocycles. The Morgan fingerprint density at radius 1 is 0.682 bits per heavy atom. The number of nitrogens with one attached hydrogen (secondary N) is 1. The summed E-state index contributed by atoms with van der Waals surface area (Å²) < 4.78 is 0. The van der Waals surface area contributed by atoms with E-state index in [4.69, 9.17) is 0 Å². The normalized spacial score (nSPS) is 10.6. The lowest BCUT2D eigenvalue weighted by atomic mass is 10.0. The molecule has 1 nitrogen and oxygen atoms in total. The Kier molecular flexibility index (Phi) is 7.02. The van der Waals surface area contributed by atoms with Crippen LogP contribution in [0.3, 0.4) is 0 Å². The van der Waals surface area contributed by atoms with Crippen LogP contribution in [0.4, 0.5) is 5.69 Å². The fraction of sp³-hybridized carbons (Fsp3) is 0.429. The number of hydrogen-bond acceptors (Lipinski definition) is 1. The highest BCUT2D eigenvalue weighted by molar-refractivity contribution is 5.66. The van der Waals surface area contributed by atoms with Crippen molar-refractivity contribution in [1.82, 2.24) is 0 Å². The van der Waals surface area contributed by atoms with Gasteiger partial charge in [-0.3, -0.25) is 0 Å². The van der Waals surface area contributed by atoms with Crippen LogP contribution in [0, 0.1) is 0 Å². The first-order chi connectivity index (χ1) is 10.8. The monoisotopic (exact) mass is 295 g/mol. The molecule has 2 rings (SSSR count). The zero-order chi connectivity index (χ0) is 15.6. The van der Waals surface area contributed by atoms with E-state index in [1.807, 2.05) is 0 Å². The van der Waals surface area contributed by atoms with Gasteiger partial charge in [0.2, 0.25) is 0 Å². The third-order valence-electron chi connectivity index (χ3n) is 4.10. The van der Waals surface area contributed by atoms with E-state index in [9.17, 15) is 0 Å². The summed E-state index contributed by atoms with van der Waals surface area (Å²) in [5.41, 5.74) is 5.27. The van der Waals surface area contributed by atoms with Crippen LogP contribution >= 0.6 is 0 Å². The lowest BCUT2D eigenvalue weighted by molar-refractivity contribution is 0.717. The van der Waals surface area contributed by atoms with E-state index < -0.39 is 0 Å². The number of aryl methyl sites for hydroxylation is 1. The molecule has 0 aromatic heterocycles. The highest BCUT2D eigenvalue weighted by Crippen LogP contribution is 2.22. The lowest BCUT2D eigenvalue weighted by Crippen LogP contribution is -2.00. The minimum absolute atomic E-state index is 1.06. The molecule has 0 spiro atoms. The van der Waals surface area contributed by atoms with E-state index in [2.05, 4.69) is 67.7 Å². The van der Waals surface area contributed by atoms with Gasteiger partial charge in [-0.05, 0) is 48.1 Å². The van der Waals surface area contributed by atoms with Crippen LogP contribution in [0.15, 0.2) is 48.5 Å². The molecule has 22 heavy (non-hydrogen) atoms. The average molecular weight is 295 g/mol. The Bertz CT molecular complexity index is 473. The summed E-state index contributed by atoms with van der Waals surface area (Å²) >= 11 is 0. The number of unbranched alkanes of at least 4 members (excludes halogenated alkanes) is 3. The fourth-order valence-corrected chi connectivity index (χ4v) is 2.63. The van der Waals surface area contributed by atoms with Gasteiger partial charge >= 0.3 is 0 Å². The SMILES string of the molecule is CCCCCc1ccc(-c2ccc(NCCCC)cc2)cc1. The van der Waals surface area contributed by atoms with Crippen LogP contribution < -0.4 is 5.32 Å². The molecule has 0 unspecified atom stereocenters. The topological polar surface area (TPSA) is 12.0 Å². The fourth-order valence-electron chi connectivity index (χ4n) is 2.63. The molecule has 1 heteroatoms. The van der Waals surface area contributed by atoms with Crippen molar-refractivity contribution in [3.63, 3.8) is 0 Å². The summed E-state index contributed by atoms with van der Waals surface area (Å²) in [7, 11) is 0. The molecule has 0 amide bonds. The summed E-state index contributed by atoms with van der Waals surface area (Å²) in [6.07, 6.45) is 7.57. The Hall–Kier alpha value is -1.76. The molecule has 2 aromatic rings. The van der Waals surface area contributed by atoms with Gasteiger partial charge in [-0.1, -0.05) is 69.5 Å². The zero-order valence-corrected chi connectivity index (χ0v) is 14.1. The summed E-state index contributed by atoms with van der Waals surface area (Å²) in [5, 5.41) is 3.46. The third kappa shape index (κ3) is 5.22. The number of hydrogen-bond donors (Lipinski definition) is 1. The third-order valence-corrected chi connectivity index (χ3v) is 4.10. The predicted octanol–water partition coefficient (Wildman–Crippen LogP) is 6.30. The maximum atomic E-state index is 3.46. The van der Waals surface area contributed by atoms with Gasteiger partial charge in [0.15, 0.2) is 0 Å². The maximum Gasteiger partial charge on any atom is 0.0340 e. The second-order valence-corrected chi connectivity index (χ2v) is 6.01. The minimum atomic E-state index is 1.06.